The first-order valence-electron chi connectivity index (χ1n) is 6.96. The molecule has 0 saturated heterocycles. The van der Waals surface area contributed by atoms with Crippen molar-refractivity contribution in [1.29, 1.82) is 0 Å². The van der Waals surface area contributed by atoms with Gasteiger partial charge in [0.1, 0.15) is 11.6 Å². The molecular formula is C15H20N4. The largest absolute Gasteiger partial charge is 0.385 e. The van der Waals surface area contributed by atoms with Crippen LogP contribution in [0, 0.1) is 6.92 Å². The summed E-state index contributed by atoms with van der Waals surface area (Å²) < 4.78 is 1.98. The van der Waals surface area contributed by atoms with Gasteiger partial charge in [-0.1, -0.05) is 13.8 Å². The lowest BCUT2D eigenvalue weighted by Crippen LogP contribution is -2.13. The average Bonchev–Trinajstić information content (AvgIpc) is 2.80. The Morgan fingerprint density at radius 3 is 2.95 bits per heavy atom. The van der Waals surface area contributed by atoms with Crippen molar-refractivity contribution in [3.63, 3.8) is 0 Å². The van der Waals surface area contributed by atoms with Crippen LogP contribution in [0.5, 0.6) is 0 Å². The van der Waals surface area contributed by atoms with Crippen LogP contribution in [0.15, 0.2) is 18.2 Å². The second-order valence-electron chi connectivity index (χ2n) is 5.46. The number of nitrogens with zero attached hydrogens (tertiary/aromatic N) is 3. The van der Waals surface area contributed by atoms with E-state index in [0.717, 1.165) is 30.3 Å². The van der Waals surface area contributed by atoms with E-state index in [-0.39, 0.29) is 0 Å². The number of anilines is 1. The van der Waals surface area contributed by atoms with Crippen LogP contribution in [0.1, 0.15) is 43.4 Å². The Labute approximate surface area is 113 Å². The lowest BCUT2D eigenvalue weighted by molar-refractivity contribution is 0.712. The molecule has 4 nitrogen and oxygen atoms in total. The van der Waals surface area contributed by atoms with Gasteiger partial charge in [-0.15, -0.1) is 0 Å². The third-order valence-electron chi connectivity index (χ3n) is 3.53. The van der Waals surface area contributed by atoms with Crippen LogP contribution in [-0.4, -0.2) is 21.3 Å². The molecule has 100 valence electrons. The molecule has 0 bridgehead atoms. The van der Waals surface area contributed by atoms with Gasteiger partial charge in [-0.25, -0.2) is 9.67 Å². The van der Waals surface area contributed by atoms with Crippen LogP contribution in [0.25, 0.3) is 5.69 Å². The summed E-state index contributed by atoms with van der Waals surface area (Å²) in [5.41, 5.74) is 3.76. The normalized spacial score (nSPS) is 14.3. The minimum absolute atomic E-state index is 0.371. The van der Waals surface area contributed by atoms with E-state index in [0.29, 0.717) is 5.92 Å². The molecule has 0 unspecified atom stereocenters. The van der Waals surface area contributed by atoms with Gasteiger partial charge < -0.3 is 5.32 Å². The molecule has 3 rings (SSSR count). The third kappa shape index (κ3) is 2.23. The summed E-state index contributed by atoms with van der Waals surface area (Å²) in [5, 5.41) is 7.97. The summed E-state index contributed by atoms with van der Waals surface area (Å²) in [6.07, 6.45) is 2.34. The quantitative estimate of drug-likeness (QED) is 0.898. The topological polar surface area (TPSA) is 42.7 Å². The number of aromatic nitrogens is 3. The minimum atomic E-state index is 0.371. The maximum atomic E-state index is 4.54. The van der Waals surface area contributed by atoms with Crippen molar-refractivity contribution < 1.29 is 0 Å². The van der Waals surface area contributed by atoms with Crippen LogP contribution in [0.4, 0.5) is 5.69 Å². The number of rotatable bonds is 2. The van der Waals surface area contributed by atoms with Gasteiger partial charge in [0.15, 0.2) is 0 Å². The fourth-order valence-corrected chi connectivity index (χ4v) is 2.59. The van der Waals surface area contributed by atoms with Crippen molar-refractivity contribution in [2.45, 2.75) is 39.5 Å². The van der Waals surface area contributed by atoms with Crippen LogP contribution < -0.4 is 5.32 Å². The third-order valence-corrected chi connectivity index (χ3v) is 3.53. The highest BCUT2D eigenvalue weighted by molar-refractivity contribution is 5.57. The van der Waals surface area contributed by atoms with E-state index in [2.05, 4.69) is 47.4 Å². The standard InChI is InChI=1S/C15H20N4/c1-10(2)15-17-11(3)18-19(15)13-6-7-14-12(9-13)5-4-8-16-14/h6-7,9-10,16H,4-5,8H2,1-3H3. The smallest absolute Gasteiger partial charge is 0.148 e. The molecule has 1 aliphatic rings. The van der Waals surface area contributed by atoms with Gasteiger partial charge in [-0.3, -0.25) is 0 Å². The predicted molar refractivity (Wildman–Crippen MR) is 77.0 cm³/mol. The molecule has 0 spiro atoms. The zero-order chi connectivity index (χ0) is 13.4. The van der Waals surface area contributed by atoms with Gasteiger partial charge in [0.05, 0.1) is 5.69 Å². The van der Waals surface area contributed by atoms with Crippen molar-refractivity contribution in [1.82, 2.24) is 14.8 Å². The highest BCUT2D eigenvalue weighted by atomic mass is 15.3. The highest BCUT2D eigenvalue weighted by Crippen LogP contribution is 2.26. The van der Waals surface area contributed by atoms with E-state index in [1.165, 1.54) is 17.7 Å². The first kappa shape index (κ1) is 12.2. The second kappa shape index (κ2) is 4.68. The summed E-state index contributed by atoms with van der Waals surface area (Å²) >= 11 is 0. The lowest BCUT2D eigenvalue weighted by atomic mass is 10.0. The van der Waals surface area contributed by atoms with Crippen molar-refractivity contribution in [3.05, 3.63) is 35.4 Å². The van der Waals surface area contributed by atoms with E-state index in [9.17, 15) is 0 Å². The zero-order valence-corrected chi connectivity index (χ0v) is 11.8. The van der Waals surface area contributed by atoms with Gasteiger partial charge in [0.2, 0.25) is 0 Å². The Hall–Kier alpha value is -1.84. The Balaban J connectivity index is 2.07. The number of nitrogens with one attached hydrogen (secondary N) is 1. The Kier molecular flexibility index (Phi) is 3.01. The van der Waals surface area contributed by atoms with Gasteiger partial charge in [-0.2, -0.15) is 5.10 Å². The predicted octanol–water partition coefficient (Wildman–Crippen LogP) is 3.06. The van der Waals surface area contributed by atoms with E-state index in [1.807, 2.05) is 11.6 Å². The van der Waals surface area contributed by atoms with E-state index < -0.39 is 0 Å². The number of fused-ring (bicyclic) bond motifs is 1. The Morgan fingerprint density at radius 1 is 1.32 bits per heavy atom. The number of benzene rings is 1. The van der Waals surface area contributed by atoms with Crippen molar-refractivity contribution in [2.24, 2.45) is 0 Å². The van der Waals surface area contributed by atoms with Gasteiger partial charge in [0.25, 0.3) is 0 Å². The molecule has 1 aromatic heterocycles. The van der Waals surface area contributed by atoms with Crippen molar-refractivity contribution >= 4 is 5.69 Å². The van der Waals surface area contributed by atoms with Crippen LogP contribution in [-0.2, 0) is 6.42 Å². The molecular weight excluding hydrogens is 236 g/mol. The molecule has 1 aromatic carbocycles. The van der Waals surface area contributed by atoms with E-state index in [1.54, 1.807) is 0 Å². The molecule has 1 aliphatic heterocycles. The van der Waals surface area contributed by atoms with Gasteiger partial charge in [0, 0.05) is 18.2 Å². The molecule has 0 amide bonds. The molecule has 2 aromatic rings. The summed E-state index contributed by atoms with van der Waals surface area (Å²) in [4.78, 5) is 4.53. The summed E-state index contributed by atoms with van der Waals surface area (Å²) in [5.74, 6) is 2.23. The molecule has 0 saturated carbocycles. The minimum Gasteiger partial charge on any atom is -0.385 e. The fourth-order valence-electron chi connectivity index (χ4n) is 2.59. The van der Waals surface area contributed by atoms with Gasteiger partial charge >= 0.3 is 0 Å². The summed E-state index contributed by atoms with van der Waals surface area (Å²) in [6, 6.07) is 6.52. The molecule has 0 aliphatic carbocycles. The second-order valence-corrected chi connectivity index (χ2v) is 5.46. The lowest BCUT2D eigenvalue weighted by Gasteiger charge is -2.19. The summed E-state index contributed by atoms with van der Waals surface area (Å²) in [7, 11) is 0. The SMILES string of the molecule is Cc1nc(C(C)C)n(-c2ccc3c(c2)CCCN3)n1. The molecule has 2 heterocycles. The number of aryl methyl sites for hydroxylation is 2. The van der Waals surface area contributed by atoms with E-state index in [4.69, 9.17) is 0 Å². The van der Waals surface area contributed by atoms with Crippen molar-refractivity contribution in [3.8, 4) is 5.69 Å². The summed E-state index contributed by atoms with van der Waals surface area (Å²) in [6.45, 7) is 7.33. The number of hydrogen-bond acceptors (Lipinski definition) is 3. The van der Waals surface area contributed by atoms with Crippen LogP contribution in [0.3, 0.4) is 0 Å². The Morgan fingerprint density at radius 2 is 2.16 bits per heavy atom. The molecule has 1 N–H and O–H groups in total. The first-order valence-corrected chi connectivity index (χ1v) is 6.96. The van der Waals surface area contributed by atoms with Gasteiger partial charge in [-0.05, 0) is 43.5 Å². The number of hydrogen-bond donors (Lipinski definition) is 1. The molecule has 0 atom stereocenters. The first-order chi connectivity index (χ1) is 9.15. The Bertz CT molecular complexity index is 598. The highest BCUT2D eigenvalue weighted by Gasteiger charge is 2.15. The zero-order valence-electron chi connectivity index (χ0n) is 11.8. The van der Waals surface area contributed by atoms with E-state index >= 15 is 0 Å². The monoisotopic (exact) mass is 256 g/mol. The molecule has 4 heteroatoms. The fraction of sp³-hybridized carbons (Fsp3) is 0.467. The molecule has 0 radical (unpaired) electrons. The maximum absolute atomic E-state index is 4.54. The maximum Gasteiger partial charge on any atom is 0.148 e. The van der Waals surface area contributed by atoms with Crippen LogP contribution in [0.2, 0.25) is 0 Å². The molecule has 0 fully saturated rings. The molecule has 19 heavy (non-hydrogen) atoms. The van der Waals surface area contributed by atoms with Crippen molar-refractivity contribution in [2.75, 3.05) is 11.9 Å². The van der Waals surface area contributed by atoms with Crippen LogP contribution >= 0.6 is 0 Å². The average molecular weight is 256 g/mol.